The summed E-state index contributed by atoms with van der Waals surface area (Å²) in [5.74, 6) is -0.205. The number of pyridine rings is 1. The van der Waals surface area contributed by atoms with E-state index in [1.165, 1.54) is 7.05 Å². The molecule has 0 bridgehead atoms. The van der Waals surface area contributed by atoms with Gasteiger partial charge in [0.2, 0.25) is 0 Å². The van der Waals surface area contributed by atoms with Crippen LogP contribution in [0.1, 0.15) is 33.9 Å². The first-order valence-corrected chi connectivity index (χ1v) is 8.52. The second kappa shape index (κ2) is 6.25. The number of carbonyl (C=O) groups is 1. The molecule has 3 aromatic rings. The molecule has 4 rings (SSSR count). The number of benzene rings is 1. The molecule has 0 saturated carbocycles. The van der Waals surface area contributed by atoms with E-state index in [4.69, 9.17) is 6.85 Å². The number of hydrogen-bond acceptors (Lipinski definition) is 3. The quantitative estimate of drug-likeness (QED) is 0.786. The number of hydrogen-bond donors (Lipinski definition) is 1. The Labute approximate surface area is 160 Å². The Morgan fingerprint density at radius 1 is 1.38 bits per heavy atom. The molecule has 1 amide bonds. The van der Waals surface area contributed by atoms with E-state index in [9.17, 15) is 4.79 Å². The fourth-order valence-corrected chi connectivity index (χ4v) is 3.46. The molecule has 0 atom stereocenters. The predicted molar refractivity (Wildman–Crippen MR) is 104 cm³/mol. The Kier molecular flexibility index (Phi) is 2.85. The third-order valence-electron chi connectivity index (χ3n) is 4.88. The van der Waals surface area contributed by atoms with Crippen molar-refractivity contribution in [1.29, 1.82) is 0 Å². The fraction of sp³-hybridized carbons (Fsp3) is 0.333. The zero-order valence-electron chi connectivity index (χ0n) is 20.1. The minimum absolute atomic E-state index is 0.200. The number of nitrogens with one attached hydrogen (secondary N) is 1. The summed E-state index contributed by atoms with van der Waals surface area (Å²) >= 11 is 0. The van der Waals surface area contributed by atoms with Crippen molar-refractivity contribution in [2.24, 2.45) is 0 Å². The molecule has 2 aromatic heterocycles. The van der Waals surface area contributed by atoms with Gasteiger partial charge in [-0.2, -0.15) is 0 Å². The highest BCUT2D eigenvalue weighted by Crippen LogP contribution is 2.31. The maximum absolute atomic E-state index is 12.9. The van der Waals surface area contributed by atoms with E-state index in [0.717, 1.165) is 27.1 Å². The third kappa shape index (κ3) is 2.78. The molecule has 0 unspecified atom stereocenters. The molecule has 1 N–H and O–H groups in total. The van der Waals surface area contributed by atoms with Gasteiger partial charge in [0.15, 0.2) is 0 Å². The summed E-state index contributed by atoms with van der Waals surface area (Å²) in [7, 11) is 2.94. The Morgan fingerprint density at radius 3 is 3.04 bits per heavy atom. The molecule has 134 valence electrons. The van der Waals surface area contributed by atoms with E-state index in [1.54, 1.807) is 30.3 Å². The van der Waals surface area contributed by atoms with E-state index in [-0.39, 0.29) is 11.5 Å². The van der Waals surface area contributed by atoms with Crippen molar-refractivity contribution >= 4 is 16.9 Å². The largest absolute Gasteiger partial charge is 0.346 e. The highest BCUT2D eigenvalue weighted by atomic mass is 16.2. The van der Waals surface area contributed by atoms with Crippen LogP contribution in [0.15, 0.2) is 30.6 Å². The van der Waals surface area contributed by atoms with Crippen LogP contribution in [-0.2, 0) is 12.9 Å². The van der Waals surface area contributed by atoms with E-state index >= 15 is 0 Å². The number of nitrogens with zero attached hydrogens (tertiary/aromatic N) is 3. The zero-order valence-corrected chi connectivity index (χ0v) is 15.1. The molecule has 1 aliphatic heterocycles. The average molecular weight is 353 g/mol. The molecule has 1 aliphatic rings. The lowest BCUT2D eigenvalue weighted by molar-refractivity contribution is 0.0780. The van der Waals surface area contributed by atoms with E-state index < -0.39 is 13.5 Å². The fourth-order valence-electron chi connectivity index (χ4n) is 3.46. The second-order valence-corrected chi connectivity index (χ2v) is 6.79. The maximum atomic E-state index is 12.9. The summed E-state index contributed by atoms with van der Waals surface area (Å²) in [6, 6.07) is 5.36. The highest BCUT2D eigenvalue weighted by Gasteiger charge is 2.25. The molecule has 26 heavy (non-hydrogen) atoms. The first-order chi connectivity index (χ1) is 14.4. The zero-order chi connectivity index (χ0) is 22.7. The Morgan fingerprint density at radius 2 is 2.23 bits per heavy atom. The number of rotatable bonds is 3. The van der Waals surface area contributed by atoms with Gasteiger partial charge in [0, 0.05) is 55.8 Å². The summed E-state index contributed by atoms with van der Waals surface area (Å²) in [6.07, 6.45) is 3.99. The first-order valence-electron chi connectivity index (χ1n) is 11.0. The molecule has 0 aliphatic carbocycles. The number of aromatic nitrogens is 2. The molecule has 5 nitrogen and oxygen atoms in total. The van der Waals surface area contributed by atoms with Crippen molar-refractivity contribution in [3.63, 3.8) is 0 Å². The minimum atomic E-state index is -2.63. The monoisotopic (exact) mass is 353 g/mol. The van der Waals surface area contributed by atoms with Gasteiger partial charge in [0.05, 0.1) is 0 Å². The molecule has 5 heteroatoms. The van der Waals surface area contributed by atoms with Gasteiger partial charge in [0.25, 0.3) is 5.91 Å². The number of fused-ring (bicyclic) bond motifs is 2. The number of likely N-dealkylation sites (N-methyl/N-ethyl adjacent to an activating group) is 1. The Hall–Kier alpha value is -2.66. The highest BCUT2D eigenvalue weighted by molar-refractivity contribution is 5.98. The van der Waals surface area contributed by atoms with Crippen LogP contribution in [0, 0.1) is 6.92 Å². The normalized spacial score (nSPS) is 18.2. The van der Waals surface area contributed by atoms with Crippen LogP contribution in [0.3, 0.4) is 0 Å². The molecular weight excluding hydrogens is 324 g/mol. The van der Waals surface area contributed by atoms with Gasteiger partial charge in [0.1, 0.15) is 5.65 Å². The number of aromatic amines is 1. The van der Waals surface area contributed by atoms with Crippen LogP contribution in [0.5, 0.6) is 0 Å². The van der Waals surface area contributed by atoms with Gasteiger partial charge in [-0.15, -0.1) is 0 Å². The Balaban J connectivity index is 1.96. The number of aryl methyl sites for hydroxylation is 1. The standard InChI is InChI=1S/C21H24N4O/c1-13-10-22-20-18(13)9-15(11-23-20)14-7-16(12-24(2)3)17-5-6-25(4)21(26)19(17)8-14/h7-11H,5-6,12H2,1-4H3,(H,22,23)/i2D3,12D2. The van der Waals surface area contributed by atoms with Gasteiger partial charge in [-0.05, 0) is 67.8 Å². The van der Waals surface area contributed by atoms with Crippen molar-refractivity contribution in [2.45, 2.75) is 19.8 Å². The molecule has 0 radical (unpaired) electrons. The van der Waals surface area contributed by atoms with E-state index in [0.29, 0.717) is 29.7 Å². The maximum Gasteiger partial charge on any atom is 0.253 e. The van der Waals surface area contributed by atoms with Crippen molar-refractivity contribution in [3.8, 4) is 11.1 Å². The van der Waals surface area contributed by atoms with Crippen LogP contribution in [0.4, 0.5) is 0 Å². The summed E-state index contributed by atoms with van der Waals surface area (Å²) in [5.41, 5.74) is 4.27. The van der Waals surface area contributed by atoms with Crippen molar-refractivity contribution in [1.82, 2.24) is 19.8 Å². The van der Waals surface area contributed by atoms with Gasteiger partial charge in [-0.25, -0.2) is 4.98 Å². The predicted octanol–water partition coefficient (Wildman–Crippen LogP) is 3.23. The van der Waals surface area contributed by atoms with Crippen molar-refractivity contribution in [2.75, 3.05) is 27.6 Å². The topological polar surface area (TPSA) is 52.2 Å². The van der Waals surface area contributed by atoms with Gasteiger partial charge >= 0.3 is 0 Å². The smallest absolute Gasteiger partial charge is 0.253 e. The first kappa shape index (κ1) is 11.9. The summed E-state index contributed by atoms with van der Waals surface area (Å²) < 4.78 is 40.4. The van der Waals surface area contributed by atoms with E-state index in [2.05, 4.69) is 9.97 Å². The van der Waals surface area contributed by atoms with Crippen LogP contribution in [-0.4, -0.2) is 53.3 Å². The van der Waals surface area contributed by atoms with E-state index in [1.807, 2.05) is 19.2 Å². The van der Waals surface area contributed by atoms with Gasteiger partial charge in [-0.3, -0.25) is 4.79 Å². The number of H-pyrrole nitrogens is 1. The average Bonchev–Trinajstić information content (AvgIpc) is 3.09. The van der Waals surface area contributed by atoms with Gasteiger partial charge < -0.3 is 14.8 Å². The van der Waals surface area contributed by atoms with Crippen molar-refractivity contribution in [3.05, 3.63) is 52.8 Å². The van der Waals surface area contributed by atoms with Crippen LogP contribution in [0.25, 0.3) is 22.2 Å². The number of amides is 1. The van der Waals surface area contributed by atoms with Crippen LogP contribution < -0.4 is 0 Å². The summed E-state index contributed by atoms with van der Waals surface area (Å²) in [5, 5.41) is 0.933. The van der Waals surface area contributed by atoms with Crippen LogP contribution in [0.2, 0.25) is 0 Å². The molecule has 0 spiro atoms. The summed E-state index contributed by atoms with van der Waals surface area (Å²) in [6.45, 7) is -2.53. The molecule has 3 heterocycles. The SMILES string of the molecule is [2H]C([2H])([2H])N(C)C([2H])([2H])c1cc(-c2cnc3[nH]cc(C)c3c2)cc2c1CCN(C)C2=O. The Bertz CT molecular complexity index is 1180. The lowest BCUT2D eigenvalue weighted by Gasteiger charge is -2.28. The molecular formula is C21H24N4O. The minimum Gasteiger partial charge on any atom is -0.346 e. The second-order valence-electron chi connectivity index (χ2n) is 6.79. The van der Waals surface area contributed by atoms with Gasteiger partial charge in [-0.1, -0.05) is 0 Å². The molecule has 0 fully saturated rings. The lowest BCUT2D eigenvalue weighted by Crippen LogP contribution is -2.35. The molecule has 1 aromatic carbocycles. The molecule has 0 saturated heterocycles. The third-order valence-corrected chi connectivity index (χ3v) is 4.88. The summed E-state index contributed by atoms with van der Waals surface area (Å²) in [4.78, 5) is 22.8. The number of carbonyl (C=O) groups excluding carboxylic acids is 1. The van der Waals surface area contributed by atoms with Crippen molar-refractivity contribution < 1.29 is 11.6 Å². The lowest BCUT2D eigenvalue weighted by atomic mass is 9.89. The van der Waals surface area contributed by atoms with Crippen LogP contribution >= 0.6 is 0 Å².